The largest absolute Gasteiger partial charge is 0.489 e. The molecule has 144 valence electrons. The van der Waals surface area contributed by atoms with Crippen LogP contribution in [0, 0.1) is 0 Å². The first kappa shape index (κ1) is 19.4. The molecule has 1 amide bonds. The number of pyridine rings is 1. The molecule has 0 aliphatic heterocycles. The lowest BCUT2D eigenvalue weighted by molar-refractivity contribution is -0.120. The molecule has 0 fully saturated rings. The SMILES string of the molecule is CC(C)N(C(=O)COc1ccc(OCc2ccccc2)cc1)c1cccnc1. The molecule has 2 aromatic carbocycles. The summed E-state index contributed by atoms with van der Waals surface area (Å²) in [5.74, 6) is 1.25. The predicted octanol–water partition coefficient (Wildman–Crippen LogP) is 4.48. The number of hydrogen-bond acceptors (Lipinski definition) is 4. The van der Waals surface area contributed by atoms with Gasteiger partial charge < -0.3 is 14.4 Å². The van der Waals surface area contributed by atoms with Crippen LogP contribution in [0.2, 0.25) is 0 Å². The van der Waals surface area contributed by atoms with Crippen LogP contribution in [0.25, 0.3) is 0 Å². The maximum atomic E-state index is 12.6. The number of rotatable bonds is 8. The molecule has 0 spiro atoms. The zero-order chi connectivity index (χ0) is 19.8. The van der Waals surface area contributed by atoms with Gasteiger partial charge in [0.15, 0.2) is 6.61 Å². The standard InChI is InChI=1S/C23H24N2O3/c1-18(2)25(20-9-6-14-24-15-20)23(26)17-28-22-12-10-21(11-13-22)27-16-19-7-4-3-5-8-19/h3-15,18H,16-17H2,1-2H3. The Morgan fingerprint density at radius 1 is 0.929 bits per heavy atom. The van der Waals surface area contributed by atoms with Crippen molar-refractivity contribution < 1.29 is 14.3 Å². The second-order valence-corrected chi connectivity index (χ2v) is 6.60. The number of benzene rings is 2. The van der Waals surface area contributed by atoms with Crippen LogP contribution in [0.3, 0.4) is 0 Å². The highest BCUT2D eigenvalue weighted by atomic mass is 16.5. The number of aromatic nitrogens is 1. The summed E-state index contributed by atoms with van der Waals surface area (Å²) >= 11 is 0. The Labute approximate surface area is 165 Å². The smallest absolute Gasteiger partial charge is 0.265 e. The minimum atomic E-state index is -0.118. The van der Waals surface area contributed by atoms with E-state index in [4.69, 9.17) is 9.47 Å². The predicted molar refractivity (Wildman–Crippen MR) is 110 cm³/mol. The lowest BCUT2D eigenvalue weighted by Crippen LogP contribution is -2.40. The molecule has 1 heterocycles. The van der Waals surface area contributed by atoms with Gasteiger partial charge in [0.05, 0.1) is 11.9 Å². The van der Waals surface area contributed by atoms with Crippen molar-refractivity contribution >= 4 is 11.6 Å². The second-order valence-electron chi connectivity index (χ2n) is 6.60. The third kappa shape index (κ3) is 5.33. The highest BCUT2D eigenvalue weighted by Gasteiger charge is 2.19. The normalized spacial score (nSPS) is 10.5. The summed E-state index contributed by atoms with van der Waals surface area (Å²) in [6, 6.07) is 21.0. The molecule has 3 rings (SSSR count). The number of hydrogen-bond donors (Lipinski definition) is 0. The van der Waals surface area contributed by atoms with Crippen LogP contribution in [-0.4, -0.2) is 23.5 Å². The number of carbonyl (C=O) groups excluding carboxylic acids is 1. The van der Waals surface area contributed by atoms with Crippen LogP contribution in [0.1, 0.15) is 19.4 Å². The van der Waals surface area contributed by atoms with Crippen LogP contribution in [0.15, 0.2) is 79.1 Å². The van der Waals surface area contributed by atoms with E-state index in [1.54, 1.807) is 29.4 Å². The summed E-state index contributed by atoms with van der Waals surface area (Å²) in [7, 11) is 0. The fourth-order valence-corrected chi connectivity index (χ4v) is 2.81. The van der Waals surface area contributed by atoms with Crippen molar-refractivity contribution in [3.8, 4) is 11.5 Å². The summed E-state index contributed by atoms with van der Waals surface area (Å²) in [5, 5.41) is 0. The molecular weight excluding hydrogens is 352 g/mol. The van der Waals surface area contributed by atoms with Gasteiger partial charge in [-0.05, 0) is 55.8 Å². The van der Waals surface area contributed by atoms with E-state index < -0.39 is 0 Å². The third-order valence-electron chi connectivity index (χ3n) is 4.14. The Kier molecular flexibility index (Phi) is 6.63. The van der Waals surface area contributed by atoms with Crippen LogP contribution in [-0.2, 0) is 11.4 Å². The van der Waals surface area contributed by atoms with E-state index in [-0.39, 0.29) is 18.6 Å². The summed E-state index contributed by atoms with van der Waals surface area (Å²) < 4.78 is 11.4. The number of anilines is 1. The average molecular weight is 376 g/mol. The Bertz CT molecular complexity index is 865. The molecule has 0 aliphatic carbocycles. The Balaban J connectivity index is 1.54. The monoisotopic (exact) mass is 376 g/mol. The molecule has 0 bridgehead atoms. The number of carbonyl (C=O) groups is 1. The van der Waals surface area contributed by atoms with Gasteiger partial charge in [-0.25, -0.2) is 0 Å². The van der Waals surface area contributed by atoms with Gasteiger partial charge >= 0.3 is 0 Å². The minimum absolute atomic E-state index is 0.00839. The van der Waals surface area contributed by atoms with E-state index in [0.717, 1.165) is 17.0 Å². The van der Waals surface area contributed by atoms with Crippen molar-refractivity contribution in [3.63, 3.8) is 0 Å². The maximum absolute atomic E-state index is 12.6. The minimum Gasteiger partial charge on any atom is -0.489 e. The van der Waals surface area contributed by atoms with Gasteiger partial charge in [-0.1, -0.05) is 30.3 Å². The molecule has 5 nitrogen and oxygen atoms in total. The first-order valence-corrected chi connectivity index (χ1v) is 9.25. The summed E-state index contributed by atoms with van der Waals surface area (Å²) in [6.45, 7) is 4.39. The summed E-state index contributed by atoms with van der Waals surface area (Å²) in [6.07, 6.45) is 3.36. The Hall–Kier alpha value is -3.34. The van der Waals surface area contributed by atoms with Crippen LogP contribution < -0.4 is 14.4 Å². The van der Waals surface area contributed by atoms with E-state index in [1.165, 1.54) is 0 Å². The fourth-order valence-electron chi connectivity index (χ4n) is 2.81. The van der Waals surface area contributed by atoms with Gasteiger partial charge in [0.2, 0.25) is 0 Å². The average Bonchev–Trinajstić information content (AvgIpc) is 2.73. The van der Waals surface area contributed by atoms with Gasteiger partial charge in [-0.15, -0.1) is 0 Å². The van der Waals surface area contributed by atoms with E-state index in [2.05, 4.69) is 4.98 Å². The second kappa shape index (κ2) is 9.55. The molecule has 1 aromatic heterocycles. The number of ether oxygens (including phenoxy) is 2. The van der Waals surface area contributed by atoms with Crippen molar-refractivity contribution in [1.29, 1.82) is 0 Å². The van der Waals surface area contributed by atoms with E-state index in [0.29, 0.717) is 12.4 Å². The van der Waals surface area contributed by atoms with Crippen LogP contribution in [0.4, 0.5) is 5.69 Å². The van der Waals surface area contributed by atoms with E-state index >= 15 is 0 Å². The van der Waals surface area contributed by atoms with Gasteiger partial charge in [-0.3, -0.25) is 9.78 Å². The highest BCUT2D eigenvalue weighted by molar-refractivity contribution is 5.94. The van der Waals surface area contributed by atoms with Gasteiger partial charge in [-0.2, -0.15) is 0 Å². The van der Waals surface area contributed by atoms with Crippen LogP contribution >= 0.6 is 0 Å². The van der Waals surface area contributed by atoms with Gasteiger partial charge in [0, 0.05) is 12.2 Å². The first-order valence-electron chi connectivity index (χ1n) is 9.25. The first-order chi connectivity index (χ1) is 13.6. The highest BCUT2D eigenvalue weighted by Crippen LogP contribution is 2.20. The molecule has 3 aromatic rings. The molecule has 0 N–H and O–H groups in total. The Morgan fingerprint density at radius 3 is 2.21 bits per heavy atom. The van der Waals surface area contributed by atoms with Gasteiger partial charge in [0.1, 0.15) is 18.1 Å². The molecule has 0 aliphatic rings. The number of amides is 1. The number of nitrogens with zero attached hydrogens (tertiary/aromatic N) is 2. The van der Waals surface area contributed by atoms with E-state index in [1.807, 2.05) is 68.4 Å². The quantitative estimate of drug-likeness (QED) is 0.582. The Morgan fingerprint density at radius 2 is 1.61 bits per heavy atom. The van der Waals surface area contributed by atoms with Gasteiger partial charge in [0.25, 0.3) is 5.91 Å². The zero-order valence-electron chi connectivity index (χ0n) is 16.1. The molecule has 28 heavy (non-hydrogen) atoms. The summed E-state index contributed by atoms with van der Waals surface area (Å²) in [5.41, 5.74) is 1.87. The van der Waals surface area contributed by atoms with Crippen molar-refractivity contribution in [2.45, 2.75) is 26.5 Å². The molecule has 0 unspecified atom stereocenters. The lowest BCUT2D eigenvalue weighted by atomic mass is 10.2. The van der Waals surface area contributed by atoms with Crippen molar-refractivity contribution in [2.75, 3.05) is 11.5 Å². The van der Waals surface area contributed by atoms with Crippen LogP contribution in [0.5, 0.6) is 11.5 Å². The third-order valence-corrected chi connectivity index (χ3v) is 4.14. The molecule has 5 heteroatoms. The van der Waals surface area contributed by atoms with Crippen molar-refractivity contribution in [1.82, 2.24) is 4.98 Å². The topological polar surface area (TPSA) is 51.7 Å². The molecule has 0 saturated carbocycles. The molecule has 0 atom stereocenters. The van der Waals surface area contributed by atoms with Crippen molar-refractivity contribution in [2.24, 2.45) is 0 Å². The molecular formula is C23H24N2O3. The zero-order valence-corrected chi connectivity index (χ0v) is 16.1. The van der Waals surface area contributed by atoms with E-state index in [9.17, 15) is 4.79 Å². The fraction of sp³-hybridized carbons (Fsp3) is 0.217. The maximum Gasteiger partial charge on any atom is 0.265 e. The molecule has 0 saturated heterocycles. The van der Waals surface area contributed by atoms with Crippen molar-refractivity contribution in [3.05, 3.63) is 84.7 Å². The molecule has 0 radical (unpaired) electrons. The summed E-state index contributed by atoms with van der Waals surface area (Å²) in [4.78, 5) is 18.4. The lowest BCUT2D eigenvalue weighted by Gasteiger charge is -2.26.